The first-order valence-corrected chi connectivity index (χ1v) is 10.5. The Morgan fingerprint density at radius 2 is 1.68 bits per heavy atom. The maximum Gasteiger partial charge on any atom is 1.00 e. The molecule has 1 aliphatic carbocycles. The Bertz CT molecular complexity index is 800. The third-order valence-electron chi connectivity index (χ3n) is 6.03. The van der Waals surface area contributed by atoms with Crippen LogP contribution in [0, 0.1) is 11.8 Å². The summed E-state index contributed by atoms with van der Waals surface area (Å²) in [5.41, 5.74) is 0. The average molecular weight is 423 g/mol. The SMILES string of the molecule is CC1(C)[C@H](C(=O)COC(=O)C2CCC(C(=O)[O-])CC2)N2C(=O)C[C@H]2S1(=O)=O.[Na+]. The summed E-state index contributed by atoms with van der Waals surface area (Å²) < 4.78 is 28.6. The van der Waals surface area contributed by atoms with Gasteiger partial charge in [-0.25, -0.2) is 8.42 Å². The summed E-state index contributed by atoms with van der Waals surface area (Å²) in [6, 6.07) is -1.17. The molecule has 0 N–H and O–H groups in total. The maximum absolute atomic E-state index is 12.6. The monoisotopic (exact) mass is 423 g/mol. The van der Waals surface area contributed by atoms with E-state index in [1.165, 1.54) is 13.8 Å². The van der Waals surface area contributed by atoms with Crippen molar-refractivity contribution in [2.24, 2.45) is 11.8 Å². The molecular weight excluding hydrogens is 401 g/mol. The van der Waals surface area contributed by atoms with Crippen LogP contribution in [0.1, 0.15) is 46.0 Å². The van der Waals surface area contributed by atoms with Crippen molar-refractivity contribution in [2.45, 2.75) is 62.1 Å². The summed E-state index contributed by atoms with van der Waals surface area (Å²) in [5, 5.41) is 9.86. The normalized spacial score (nSPS) is 32.5. The standard InChI is InChI=1S/C17H23NO8S.Na/c1-17(2)14(18-12(20)7-13(18)27(17,24)25)11(19)8-26-16(23)10-5-3-9(4-6-10)15(21)22;/h9-10,13-14H,3-8H2,1-2H3,(H,21,22);/q;+1/p-1/t9?,10?,13-,14+;/m1./s1. The molecule has 2 aliphatic heterocycles. The van der Waals surface area contributed by atoms with E-state index in [9.17, 15) is 32.7 Å². The van der Waals surface area contributed by atoms with E-state index < -0.39 is 68.1 Å². The number of carboxylic acid groups (broad SMARTS) is 1. The van der Waals surface area contributed by atoms with Gasteiger partial charge >= 0.3 is 35.5 Å². The van der Waals surface area contributed by atoms with Gasteiger partial charge in [0.05, 0.1) is 17.1 Å². The van der Waals surface area contributed by atoms with Crippen LogP contribution in [0.3, 0.4) is 0 Å². The minimum atomic E-state index is -3.68. The molecule has 1 saturated carbocycles. The number of Topliss-reactive ketones (excluding diaryl/α,β-unsaturated/α-hetero) is 1. The molecule has 0 bridgehead atoms. The van der Waals surface area contributed by atoms with Gasteiger partial charge < -0.3 is 19.5 Å². The van der Waals surface area contributed by atoms with Gasteiger partial charge in [-0.05, 0) is 45.4 Å². The van der Waals surface area contributed by atoms with Crippen molar-refractivity contribution >= 4 is 33.5 Å². The van der Waals surface area contributed by atoms with Gasteiger partial charge in [-0.3, -0.25) is 14.4 Å². The number of ether oxygens (including phenoxy) is 1. The van der Waals surface area contributed by atoms with E-state index in [1.807, 2.05) is 0 Å². The number of nitrogens with zero attached hydrogens (tertiary/aromatic N) is 1. The predicted molar refractivity (Wildman–Crippen MR) is 88.5 cm³/mol. The van der Waals surface area contributed by atoms with Gasteiger partial charge in [0.2, 0.25) is 5.91 Å². The number of ketones is 1. The first-order valence-electron chi connectivity index (χ1n) is 8.93. The van der Waals surface area contributed by atoms with Crippen LogP contribution in [0.15, 0.2) is 0 Å². The van der Waals surface area contributed by atoms with Crippen LogP contribution in [0.25, 0.3) is 0 Å². The number of rotatable bonds is 5. The number of carbonyl (C=O) groups excluding carboxylic acids is 4. The van der Waals surface area contributed by atoms with Crippen LogP contribution in [0.2, 0.25) is 0 Å². The topological polar surface area (TPSA) is 138 Å². The van der Waals surface area contributed by atoms with Crippen LogP contribution in [0.4, 0.5) is 0 Å². The minimum absolute atomic E-state index is 0. The van der Waals surface area contributed by atoms with Crippen LogP contribution < -0.4 is 34.7 Å². The first-order chi connectivity index (χ1) is 12.5. The zero-order chi connectivity index (χ0) is 20.1. The van der Waals surface area contributed by atoms with Crippen LogP contribution >= 0.6 is 0 Å². The fraction of sp³-hybridized carbons (Fsp3) is 0.765. The van der Waals surface area contributed by atoms with Crippen molar-refractivity contribution in [3.8, 4) is 0 Å². The largest absolute Gasteiger partial charge is 1.00 e. The second kappa shape index (κ2) is 8.04. The van der Waals surface area contributed by atoms with E-state index in [0.29, 0.717) is 25.7 Å². The predicted octanol–water partition coefficient (Wildman–Crippen LogP) is -4.21. The fourth-order valence-corrected chi connectivity index (χ4v) is 6.42. The molecule has 2 heterocycles. The maximum atomic E-state index is 12.6. The second-order valence-corrected chi connectivity index (χ2v) is 10.6. The molecule has 2 saturated heterocycles. The summed E-state index contributed by atoms with van der Waals surface area (Å²) in [6.07, 6.45) is 1.17. The van der Waals surface area contributed by atoms with E-state index in [1.54, 1.807) is 0 Å². The molecule has 0 aromatic heterocycles. The summed E-state index contributed by atoms with van der Waals surface area (Å²) >= 11 is 0. The van der Waals surface area contributed by atoms with Crippen LogP contribution in [-0.4, -0.2) is 59.7 Å². The zero-order valence-electron chi connectivity index (χ0n) is 16.2. The number of sulfone groups is 1. The molecule has 1 amide bonds. The molecule has 11 heteroatoms. The Kier molecular flexibility index (Phi) is 6.70. The second-order valence-electron chi connectivity index (χ2n) is 7.95. The average Bonchev–Trinajstić information content (AvgIpc) is 2.73. The van der Waals surface area contributed by atoms with Gasteiger partial charge in [0, 0.05) is 5.97 Å². The van der Waals surface area contributed by atoms with Gasteiger partial charge in [0.1, 0.15) is 11.4 Å². The van der Waals surface area contributed by atoms with E-state index in [2.05, 4.69) is 0 Å². The van der Waals surface area contributed by atoms with Crippen molar-refractivity contribution < 1.29 is 67.0 Å². The van der Waals surface area contributed by atoms with Crippen molar-refractivity contribution in [3.63, 3.8) is 0 Å². The summed E-state index contributed by atoms with van der Waals surface area (Å²) in [6.45, 7) is 2.19. The summed E-state index contributed by atoms with van der Waals surface area (Å²) in [4.78, 5) is 48.5. The number of hydrogen-bond acceptors (Lipinski definition) is 8. The summed E-state index contributed by atoms with van der Waals surface area (Å²) in [5.74, 6) is -3.84. The van der Waals surface area contributed by atoms with Gasteiger partial charge in [-0.15, -0.1) is 0 Å². The molecule has 28 heavy (non-hydrogen) atoms. The summed E-state index contributed by atoms with van der Waals surface area (Å²) in [7, 11) is -3.68. The quantitative estimate of drug-likeness (QED) is 0.246. The van der Waals surface area contributed by atoms with E-state index in [0.717, 1.165) is 4.90 Å². The smallest absolute Gasteiger partial charge is 0.550 e. The Hall–Kier alpha value is -0.970. The molecular formula is C17H22NNaO8S. The number of amides is 1. The third kappa shape index (κ3) is 3.64. The number of aliphatic carboxylic acids is 1. The van der Waals surface area contributed by atoms with E-state index >= 15 is 0 Å². The molecule has 0 unspecified atom stereocenters. The van der Waals surface area contributed by atoms with E-state index in [4.69, 9.17) is 4.74 Å². The number of esters is 1. The van der Waals surface area contributed by atoms with Gasteiger partial charge in [-0.1, -0.05) is 0 Å². The number of β-lactam (4-membered cyclic amide) rings is 1. The third-order valence-corrected chi connectivity index (χ3v) is 8.83. The number of hydrogen-bond donors (Lipinski definition) is 0. The Balaban J connectivity index is 0.00000280. The van der Waals surface area contributed by atoms with Gasteiger partial charge in [-0.2, -0.15) is 0 Å². The minimum Gasteiger partial charge on any atom is -0.550 e. The molecule has 9 nitrogen and oxygen atoms in total. The van der Waals surface area contributed by atoms with Gasteiger partial charge in [0.25, 0.3) is 0 Å². The molecule has 150 valence electrons. The van der Waals surface area contributed by atoms with Crippen molar-refractivity contribution in [2.75, 3.05) is 6.61 Å². The molecule has 3 aliphatic rings. The van der Waals surface area contributed by atoms with E-state index in [-0.39, 0.29) is 36.0 Å². The van der Waals surface area contributed by atoms with Crippen molar-refractivity contribution in [3.05, 3.63) is 0 Å². The zero-order valence-corrected chi connectivity index (χ0v) is 19.0. The molecule has 0 aromatic rings. The molecule has 2 atom stereocenters. The van der Waals surface area contributed by atoms with Crippen LogP contribution in [-0.2, 0) is 33.8 Å². The molecule has 3 fully saturated rings. The molecule has 0 radical (unpaired) electrons. The van der Waals surface area contributed by atoms with Crippen molar-refractivity contribution in [1.82, 2.24) is 4.90 Å². The van der Waals surface area contributed by atoms with Crippen molar-refractivity contribution in [1.29, 1.82) is 0 Å². The Morgan fingerprint density at radius 3 is 2.18 bits per heavy atom. The number of fused-ring (bicyclic) bond motifs is 1. The molecule has 0 spiro atoms. The van der Waals surface area contributed by atoms with Crippen LogP contribution in [0.5, 0.6) is 0 Å². The fourth-order valence-electron chi connectivity index (χ4n) is 4.26. The number of carbonyl (C=O) groups is 4. The molecule has 3 rings (SSSR count). The number of carboxylic acids is 1. The first kappa shape index (κ1) is 23.3. The van der Waals surface area contributed by atoms with Gasteiger partial charge in [0.15, 0.2) is 22.2 Å². The Morgan fingerprint density at radius 1 is 1.14 bits per heavy atom. The molecule has 0 aromatic carbocycles. The Labute approximate surface area is 185 Å².